The van der Waals surface area contributed by atoms with Crippen molar-refractivity contribution in [3.63, 3.8) is 0 Å². The summed E-state index contributed by atoms with van der Waals surface area (Å²) in [5.41, 5.74) is 5.24. The molecule has 104 valence electrons. The number of hydrogen-bond acceptors (Lipinski definition) is 5. The van der Waals surface area contributed by atoms with Crippen LogP contribution in [0, 0.1) is 11.3 Å². The number of amidine groups is 1. The van der Waals surface area contributed by atoms with E-state index >= 15 is 0 Å². The smallest absolute Gasteiger partial charge is 0.318 e. The van der Waals surface area contributed by atoms with Gasteiger partial charge >= 0.3 is 10.2 Å². The van der Waals surface area contributed by atoms with Crippen molar-refractivity contribution in [1.82, 2.24) is 4.31 Å². The molecule has 10 nitrogen and oxygen atoms in total. The standard InChI is InChI=1S/C6H14N6O4S2/c7-3-1-4-12(18(10,15)16)5-2-6(8)11-17(9,13)14/h1-2,4-5H2,(H2,8,11)(H2,9,13,14)(H2,10,15,16). The Kier molecular flexibility index (Phi) is 6.15. The van der Waals surface area contributed by atoms with Crippen LogP contribution in [0.25, 0.3) is 0 Å². The van der Waals surface area contributed by atoms with Crippen LogP contribution in [0.15, 0.2) is 4.40 Å². The third-order valence-electron chi connectivity index (χ3n) is 1.69. The molecule has 0 unspecified atom stereocenters. The second-order valence-corrected chi connectivity index (χ2v) is 5.96. The van der Waals surface area contributed by atoms with Gasteiger partial charge in [-0.3, -0.25) is 0 Å². The summed E-state index contributed by atoms with van der Waals surface area (Å²) in [7, 11) is -8.10. The highest BCUT2D eigenvalue weighted by Crippen LogP contribution is 1.99. The van der Waals surface area contributed by atoms with E-state index in [0.29, 0.717) is 0 Å². The lowest BCUT2D eigenvalue weighted by atomic mass is 10.4. The van der Waals surface area contributed by atoms with Crippen LogP contribution in [0.1, 0.15) is 12.8 Å². The van der Waals surface area contributed by atoms with Crippen LogP contribution in [0.5, 0.6) is 0 Å². The molecule has 0 aliphatic carbocycles. The Morgan fingerprint density at radius 2 is 1.78 bits per heavy atom. The lowest BCUT2D eigenvalue weighted by Crippen LogP contribution is -2.39. The summed E-state index contributed by atoms with van der Waals surface area (Å²) in [6, 6.07) is 1.76. The van der Waals surface area contributed by atoms with Gasteiger partial charge in [0.1, 0.15) is 5.84 Å². The van der Waals surface area contributed by atoms with E-state index in [1.54, 1.807) is 6.07 Å². The Bertz CT molecular complexity index is 545. The average molecular weight is 298 g/mol. The molecule has 0 saturated carbocycles. The molecule has 0 radical (unpaired) electrons. The Morgan fingerprint density at radius 3 is 2.17 bits per heavy atom. The van der Waals surface area contributed by atoms with Crippen molar-refractivity contribution >= 4 is 26.3 Å². The van der Waals surface area contributed by atoms with Crippen molar-refractivity contribution in [2.75, 3.05) is 13.1 Å². The van der Waals surface area contributed by atoms with E-state index in [4.69, 9.17) is 16.1 Å². The molecule has 0 aromatic rings. The van der Waals surface area contributed by atoms with Crippen LogP contribution in [-0.4, -0.2) is 40.1 Å². The van der Waals surface area contributed by atoms with Crippen molar-refractivity contribution in [3.8, 4) is 6.07 Å². The van der Waals surface area contributed by atoms with E-state index in [1.807, 2.05) is 0 Å². The van der Waals surface area contributed by atoms with E-state index in [2.05, 4.69) is 9.54 Å². The molecule has 0 aliphatic rings. The summed E-state index contributed by atoms with van der Waals surface area (Å²) in [6.07, 6.45) is -0.221. The molecule has 0 aromatic heterocycles. The van der Waals surface area contributed by atoms with E-state index in [-0.39, 0.29) is 31.8 Å². The number of nitriles is 1. The van der Waals surface area contributed by atoms with Crippen LogP contribution in [0.4, 0.5) is 0 Å². The van der Waals surface area contributed by atoms with Gasteiger partial charge in [-0.2, -0.15) is 26.4 Å². The Labute approximate surface area is 105 Å². The second-order valence-electron chi connectivity index (χ2n) is 3.20. The first-order valence-electron chi connectivity index (χ1n) is 4.58. The first-order valence-corrected chi connectivity index (χ1v) is 7.59. The zero-order chi connectivity index (χ0) is 14.4. The number of nitrogens with zero attached hydrogens (tertiary/aromatic N) is 3. The second kappa shape index (κ2) is 6.61. The third-order valence-corrected chi connectivity index (χ3v) is 3.27. The van der Waals surface area contributed by atoms with Crippen LogP contribution in [0.2, 0.25) is 0 Å². The molecule has 0 aliphatic heterocycles. The average Bonchev–Trinajstić information content (AvgIpc) is 2.12. The van der Waals surface area contributed by atoms with Crippen molar-refractivity contribution in [1.29, 1.82) is 5.26 Å². The van der Waals surface area contributed by atoms with Crippen LogP contribution in [-0.2, 0) is 20.4 Å². The van der Waals surface area contributed by atoms with Gasteiger partial charge in [-0.15, -0.1) is 4.40 Å². The molecule has 0 rings (SSSR count). The highest BCUT2D eigenvalue weighted by Gasteiger charge is 2.17. The van der Waals surface area contributed by atoms with E-state index in [1.165, 1.54) is 0 Å². The minimum Gasteiger partial charge on any atom is -0.386 e. The lowest BCUT2D eigenvalue weighted by molar-refractivity contribution is 0.427. The van der Waals surface area contributed by atoms with Crippen LogP contribution >= 0.6 is 0 Å². The highest BCUT2D eigenvalue weighted by atomic mass is 32.2. The monoisotopic (exact) mass is 298 g/mol. The van der Waals surface area contributed by atoms with Crippen molar-refractivity contribution in [2.45, 2.75) is 12.8 Å². The maximum Gasteiger partial charge on any atom is 0.318 e. The predicted molar refractivity (Wildman–Crippen MR) is 64.3 cm³/mol. The molecule has 0 aromatic carbocycles. The van der Waals surface area contributed by atoms with Gasteiger partial charge in [-0.25, -0.2) is 10.3 Å². The molecule has 0 amide bonds. The molecule has 6 N–H and O–H groups in total. The topological polar surface area (TPSA) is 186 Å². The maximum absolute atomic E-state index is 11.1. The Morgan fingerprint density at radius 1 is 1.22 bits per heavy atom. The fraction of sp³-hybridized carbons (Fsp3) is 0.667. The highest BCUT2D eigenvalue weighted by molar-refractivity contribution is 7.88. The molecule has 0 spiro atoms. The molecule has 0 bridgehead atoms. The third kappa shape index (κ3) is 7.92. The lowest BCUT2D eigenvalue weighted by Gasteiger charge is -2.17. The summed E-state index contributed by atoms with van der Waals surface area (Å²) >= 11 is 0. The zero-order valence-corrected chi connectivity index (χ0v) is 11.0. The molecular formula is C6H14N6O4S2. The number of hydrogen-bond donors (Lipinski definition) is 3. The fourth-order valence-electron chi connectivity index (χ4n) is 0.989. The maximum atomic E-state index is 11.1. The fourth-order valence-corrected chi connectivity index (χ4v) is 2.10. The van der Waals surface area contributed by atoms with Gasteiger partial charge in [0.25, 0.3) is 10.2 Å². The van der Waals surface area contributed by atoms with E-state index in [0.717, 1.165) is 4.31 Å². The summed E-state index contributed by atoms with van der Waals surface area (Å²) in [5, 5.41) is 17.9. The summed E-state index contributed by atoms with van der Waals surface area (Å²) in [4.78, 5) is 0. The van der Waals surface area contributed by atoms with E-state index < -0.39 is 20.4 Å². The quantitative estimate of drug-likeness (QED) is 0.340. The summed E-state index contributed by atoms with van der Waals surface area (Å²) < 4.78 is 47.1. The van der Waals surface area contributed by atoms with Crippen molar-refractivity contribution in [2.24, 2.45) is 20.4 Å². The largest absolute Gasteiger partial charge is 0.386 e. The Hall–Kier alpha value is -1.26. The number of nitrogens with two attached hydrogens (primary N) is 3. The molecule has 18 heavy (non-hydrogen) atoms. The van der Waals surface area contributed by atoms with Gasteiger partial charge < -0.3 is 5.73 Å². The predicted octanol–water partition coefficient (Wildman–Crippen LogP) is -2.64. The van der Waals surface area contributed by atoms with Gasteiger partial charge in [0.05, 0.1) is 6.07 Å². The minimum absolute atomic E-state index is 0.0529. The van der Waals surface area contributed by atoms with E-state index in [9.17, 15) is 16.8 Å². The van der Waals surface area contributed by atoms with Crippen molar-refractivity contribution in [3.05, 3.63) is 0 Å². The van der Waals surface area contributed by atoms with Crippen LogP contribution < -0.4 is 16.0 Å². The first kappa shape index (κ1) is 16.7. The Balaban J connectivity index is 4.65. The summed E-state index contributed by atoms with van der Waals surface area (Å²) in [6.45, 7) is -0.302. The van der Waals surface area contributed by atoms with Gasteiger partial charge in [-0.05, 0) is 0 Å². The van der Waals surface area contributed by atoms with Gasteiger partial charge in [0.2, 0.25) is 0 Å². The SMILES string of the molecule is N#CCCN(CCC(N)=NS(N)(=O)=O)S(N)(=O)=O. The first-order chi connectivity index (χ1) is 8.06. The van der Waals surface area contributed by atoms with Gasteiger partial charge in [0, 0.05) is 25.9 Å². The molecule has 0 saturated heterocycles. The molecule has 0 heterocycles. The summed E-state index contributed by atoms with van der Waals surface area (Å²) in [5.74, 6) is -0.344. The molecule has 0 fully saturated rings. The molecule has 0 atom stereocenters. The van der Waals surface area contributed by atoms with Gasteiger partial charge in [0.15, 0.2) is 0 Å². The minimum atomic E-state index is -4.11. The molecule has 12 heteroatoms. The normalized spacial score (nSPS) is 13.6. The van der Waals surface area contributed by atoms with Crippen LogP contribution in [0.3, 0.4) is 0 Å². The molecular weight excluding hydrogens is 284 g/mol. The zero-order valence-electron chi connectivity index (χ0n) is 9.35. The van der Waals surface area contributed by atoms with Gasteiger partial charge in [-0.1, -0.05) is 0 Å². The van der Waals surface area contributed by atoms with Crippen molar-refractivity contribution < 1.29 is 16.8 Å². The number of rotatable bonds is 7.